The molecular formula is C15H23ClN2O3. The molecule has 2 rings (SSSR count). The molecule has 0 spiro atoms. The van der Waals surface area contributed by atoms with Crippen molar-refractivity contribution in [2.45, 2.75) is 32.7 Å². The zero-order valence-electron chi connectivity index (χ0n) is 12.6. The van der Waals surface area contributed by atoms with Crippen molar-refractivity contribution < 1.29 is 14.3 Å². The smallest absolute Gasteiger partial charge is 0.251 e. The predicted octanol–water partition coefficient (Wildman–Crippen LogP) is 2.33. The topological polar surface area (TPSA) is 73.6 Å². The molecule has 6 heteroatoms. The first-order chi connectivity index (χ1) is 9.43. The molecule has 1 aromatic carbocycles. The highest BCUT2D eigenvalue weighted by molar-refractivity contribution is 5.95. The number of hydrogen-bond acceptors (Lipinski definition) is 4. The van der Waals surface area contributed by atoms with E-state index in [1.165, 1.54) is 0 Å². The Balaban J connectivity index is 0.00000220. The molecule has 1 aliphatic rings. The fourth-order valence-electron chi connectivity index (χ4n) is 2.47. The van der Waals surface area contributed by atoms with Crippen molar-refractivity contribution >= 4 is 18.3 Å². The van der Waals surface area contributed by atoms with Crippen LogP contribution in [0.4, 0.5) is 0 Å². The number of ether oxygens (including phenoxy) is 2. The van der Waals surface area contributed by atoms with Gasteiger partial charge in [-0.3, -0.25) is 4.79 Å². The van der Waals surface area contributed by atoms with Crippen LogP contribution in [0.15, 0.2) is 18.2 Å². The Hall–Kier alpha value is -1.46. The van der Waals surface area contributed by atoms with Crippen molar-refractivity contribution in [3.63, 3.8) is 0 Å². The van der Waals surface area contributed by atoms with Gasteiger partial charge in [0, 0.05) is 17.6 Å². The molecule has 0 radical (unpaired) electrons. The van der Waals surface area contributed by atoms with E-state index < -0.39 is 5.54 Å². The molecule has 5 nitrogen and oxygen atoms in total. The Morgan fingerprint density at radius 1 is 1.38 bits per heavy atom. The van der Waals surface area contributed by atoms with Gasteiger partial charge in [0.25, 0.3) is 5.91 Å². The lowest BCUT2D eigenvalue weighted by Crippen LogP contribution is -2.52. The second-order valence-corrected chi connectivity index (χ2v) is 5.88. The molecule has 1 atom stereocenters. The summed E-state index contributed by atoms with van der Waals surface area (Å²) >= 11 is 0. The highest BCUT2D eigenvalue weighted by Gasteiger charge is 2.27. The Bertz CT molecular complexity index is 508. The molecule has 1 unspecified atom stereocenters. The summed E-state index contributed by atoms with van der Waals surface area (Å²) in [6.07, 6.45) is 0.833. The van der Waals surface area contributed by atoms with Crippen LogP contribution in [0.3, 0.4) is 0 Å². The summed E-state index contributed by atoms with van der Waals surface area (Å²) in [7, 11) is 0. The van der Waals surface area contributed by atoms with Crippen molar-refractivity contribution in [2.24, 2.45) is 11.7 Å². The summed E-state index contributed by atoms with van der Waals surface area (Å²) in [6.45, 7) is 6.80. The van der Waals surface area contributed by atoms with E-state index in [1.807, 2.05) is 6.92 Å². The number of hydrogen-bond donors (Lipinski definition) is 2. The standard InChI is InChI=1S/C15H22N2O3.ClH/c1-10(2)7-15(3,8-16)17-14(18)11-4-5-12-13(6-11)20-9-19-12;/h4-6,10H,7-9,16H2,1-3H3,(H,17,18);1H. The number of fused-ring (bicyclic) bond motifs is 1. The summed E-state index contributed by atoms with van der Waals surface area (Å²) in [4.78, 5) is 12.3. The van der Waals surface area contributed by atoms with Crippen LogP contribution in [-0.2, 0) is 0 Å². The molecule has 0 fully saturated rings. The van der Waals surface area contributed by atoms with Crippen molar-refractivity contribution in [1.82, 2.24) is 5.32 Å². The van der Waals surface area contributed by atoms with E-state index in [1.54, 1.807) is 18.2 Å². The van der Waals surface area contributed by atoms with E-state index in [0.29, 0.717) is 29.5 Å². The average molecular weight is 315 g/mol. The molecular weight excluding hydrogens is 292 g/mol. The Morgan fingerprint density at radius 2 is 2.05 bits per heavy atom. The molecule has 118 valence electrons. The Labute approximate surface area is 131 Å². The normalized spacial score (nSPS) is 15.3. The van der Waals surface area contributed by atoms with Gasteiger partial charge in [-0.25, -0.2) is 0 Å². The minimum atomic E-state index is -0.401. The lowest BCUT2D eigenvalue weighted by atomic mass is 9.90. The lowest BCUT2D eigenvalue weighted by molar-refractivity contribution is 0.0898. The van der Waals surface area contributed by atoms with Crippen LogP contribution < -0.4 is 20.5 Å². The van der Waals surface area contributed by atoms with Gasteiger partial charge in [-0.1, -0.05) is 13.8 Å². The molecule has 0 aromatic heterocycles. The second-order valence-electron chi connectivity index (χ2n) is 5.88. The maximum atomic E-state index is 12.3. The third-order valence-corrected chi connectivity index (χ3v) is 3.36. The van der Waals surface area contributed by atoms with Crippen LogP contribution >= 0.6 is 12.4 Å². The van der Waals surface area contributed by atoms with Gasteiger partial charge in [-0.2, -0.15) is 0 Å². The first kappa shape index (κ1) is 17.6. The number of rotatable bonds is 5. The molecule has 3 N–H and O–H groups in total. The summed E-state index contributed by atoms with van der Waals surface area (Å²) in [5.41, 5.74) is 5.96. The monoisotopic (exact) mass is 314 g/mol. The van der Waals surface area contributed by atoms with Crippen molar-refractivity contribution in [2.75, 3.05) is 13.3 Å². The average Bonchev–Trinajstić information content (AvgIpc) is 2.84. The largest absolute Gasteiger partial charge is 0.454 e. The van der Waals surface area contributed by atoms with E-state index in [0.717, 1.165) is 6.42 Å². The first-order valence-corrected chi connectivity index (χ1v) is 6.86. The maximum absolute atomic E-state index is 12.3. The lowest BCUT2D eigenvalue weighted by Gasteiger charge is -2.31. The van der Waals surface area contributed by atoms with E-state index in [-0.39, 0.29) is 25.1 Å². The fraction of sp³-hybridized carbons (Fsp3) is 0.533. The molecule has 0 bridgehead atoms. The SMILES string of the molecule is CC(C)CC(C)(CN)NC(=O)c1ccc2c(c1)OCO2.Cl. The number of carbonyl (C=O) groups is 1. The molecule has 21 heavy (non-hydrogen) atoms. The Kier molecular flexibility index (Phi) is 5.87. The number of nitrogens with one attached hydrogen (secondary N) is 1. The van der Waals surface area contributed by atoms with Crippen LogP contribution in [0.5, 0.6) is 11.5 Å². The molecule has 0 saturated carbocycles. The van der Waals surface area contributed by atoms with Gasteiger partial charge in [-0.05, 0) is 37.5 Å². The number of halogens is 1. The minimum absolute atomic E-state index is 0. The predicted molar refractivity (Wildman–Crippen MR) is 84.2 cm³/mol. The van der Waals surface area contributed by atoms with E-state index in [9.17, 15) is 4.79 Å². The van der Waals surface area contributed by atoms with Crippen molar-refractivity contribution in [1.29, 1.82) is 0 Å². The van der Waals surface area contributed by atoms with Gasteiger partial charge in [0.05, 0.1) is 0 Å². The summed E-state index contributed by atoms with van der Waals surface area (Å²) < 4.78 is 10.5. The van der Waals surface area contributed by atoms with Crippen LogP contribution in [-0.4, -0.2) is 24.8 Å². The number of amides is 1. The molecule has 1 aromatic rings. The maximum Gasteiger partial charge on any atom is 0.251 e. The first-order valence-electron chi connectivity index (χ1n) is 6.86. The highest BCUT2D eigenvalue weighted by atomic mass is 35.5. The summed E-state index contributed by atoms with van der Waals surface area (Å²) in [6, 6.07) is 5.18. The minimum Gasteiger partial charge on any atom is -0.454 e. The van der Waals surface area contributed by atoms with Gasteiger partial charge in [0.2, 0.25) is 6.79 Å². The summed E-state index contributed by atoms with van der Waals surface area (Å²) in [5, 5.41) is 3.02. The second kappa shape index (κ2) is 7.00. The fourth-order valence-corrected chi connectivity index (χ4v) is 2.47. The van der Waals surface area contributed by atoms with Gasteiger partial charge in [-0.15, -0.1) is 12.4 Å². The quantitative estimate of drug-likeness (QED) is 0.875. The number of nitrogens with two attached hydrogens (primary N) is 1. The zero-order valence-corrected chi connectivity index (χ0v) is 13.5. The van der Waals surface area contributed by atoms with Crippen LogP contribution in [0.1, 0.15) is 37.6 Å². The van der Waals surface area contributed by atoms with Crippen molar-refractivity contribution in [3.05, 3.63) is 23.8 Å². The van der Waals surface area contributed by atoms with Crippen LogP contribution in [0, 0.1) is 5.92 Å². The zero-order chi connectivity index (χ0) is 14.8. The third kappa shape index (κ3) is 4.25. The summed E-state index contributed by atoms with van der Waals surface area (Å²) in [5.74, 6) is 1.60. The molecule has 1 aliphatic heterocycles. The number of carbonyl (C=O) groups excluding carboxylic acids is 1. The van der Waals surface area contributed by atoms with E-state index in [4.69, 9.17) is 15.2 Å². The third-order valence-electron chi connectivity index (χ3n) is 3.36. The van der Waals surface area contributed by atoms with Crippen LogP contribution in [0.25, 0.3) is 0 Å². The van der Waals surface area contributed by atoms with Gasteiger partial charge in [0.15, 0.2) is 11.5 Å². The molecule has 1 amide bonds. The van der Waals surface area contributed by atoms with E-state index in [2.05, 4.69) is 19.2 Å². The highest BCUT2D eigenvalue weighted by Crippen LogP contribution is 2.32. The van der Waals surface area contributed by atoms with Gasteiger partial charge < -0.3 is 20.5 Å². The molecule has 0 saturated heterocycles. The van der Waals surface area contributed by atoms with Crippen molar-refractivity contribution in [3.8, 4) is 11.5 Å². The van der Waals surface area contributed by atoms with Gasteiger partial charge in [0.1, 0.15) is 0 Å². The van der Waals surface area contributed by atoms with Crippen LogP contribution in [0.2, 0.25) is 0 Å². The molecule has 0 aliphatic carbocycles. The van der Waals surface area contributed by atoms with Gasteiger partial charge >= 0.3 is 0 Å². The Morgan fingerprint density at radius 3 is 2.67 bits per heavy atom. The number of benzene rings is 1. The molecule has 1 heterocycles. The van der Waals surface area contributed by atoms with E-state index >= 15 is 0 Å².